The molecule has 2 aliphatic rings. The first-order valence-corrected chi connectivity index (χ1v) is 7.41. The molecular formula is C16H23FN2. The molecule has 0 amide bonds. The first-order chi connectivity index (χ1) is 9.19. The Morgan fingerprint density at radius 2 is 1.89 bits per heavy atom. The fourth-order valence-corrected chi connectivity index (χ4v) is 3.83. The van der Waals surface area contributed by atoms with Crippen molar-refractivity contribution in [3.05, 3.63) is 29.6 Å². The van der Waals surface area contributed by atoms with E-state index in [0.717, 1.165) is 5.56 Å². The quantitative estimate of drug-likeness (QED) is 0.880. The molecule has 3 rings (SSSR count). The van der Waals surface area contributed by atoms with Gasteiger partial charge in [0.15, 0.2) is 0 Å². The largest absolute Gasteiger partial charge is 0.365 e. The molecule has 0 saturated carbocycles. The molecule has 0 radical (unpaired) electrons. The van der Waals surface area contributed by atoms with Crippen LogP contribution >= 0.6 is 0 Å². The van der Waals surface area contributed by atoms with Gasteiger partial charge >= 0.3 is 0 Å². The average Bonchev–Trinajstić information content (AvgIpc) is 2.40. The van der Waals surface area contributed by atoms with E-state index in [1.165, 1.54) is 37.8 Å². The van der Waals surface area contributed by atoms with Crippen LogP contribution in [0.25, 0.3) is 0 Å². The van der Waals surface area contributed by atoms with Gasteiger partial charge in [-0.3, -0.25) is 0 Å². The number of anilines is 1. The van der Waals surface area contributed by atoms with E-state index in [1.54, 1.807) is 6.07 Å². The van der Waals surface area contributed by atoms with Gasteiger partial charge in [-0.25, -0.2) is 4.39 Å². The van der Waals surface area contributed by atoms with Gasteiger partial charge < -0.3 is 10.2 Å². The molecule has 2 bridgehead atoms. The molecular weight excluding hydrogens is 239 g/mol. The lowest BCUT2D eigenvalue weighted by molar-refractivity contribution is 0.252. The van der Waals surface area contributed by atoms with E-state index in [9.17, 15) is 4.39 Å². The van der Waals surface area contributed by atoms with Crippen molar-refractivity contribution in [2.75, 3.05) is 11.9 Å². The Labute approximate surface area is 115 Å². The summed E-state index contributed by atoms with van der Waals surface area (Å²) in [6.45, 7) is 1.86. The maximum absolute atomic E-state index is 13.4. The van der Waals surface area contributed by atoms with Crippen LogP contribution in [0.15, 0.2) is 18.2 Å². The van der Waals surface area contributed by atoms with E-state index in [1.807, 2.05) is 19.1 Å². The van der Waals surface area contributed by atoms with Crippen molar-refractivity contribution in [2.24, 2.45) is 0 Å². The standard InChI is InChI=1S/C16H23FN2/c1-11-8-15(6-7-16(11)17)19-13-4-3-5-14(19)10-12(9-13)18-2/h6-8,12-14,18H,3-5,9-10H2,1-2H3. The van der Waals surface area contributed by atoms with Crippen molar-refractivity contribution in [1.82, 2.24) is 5.32 Å². The Hall–Kier alpha value is -1.09. The number of nitrogens with one attached hydrogen (secondary N) is 1. The number of nitrogens with zero attached hydrogens (tertiary/aromatic N) is 1. The second-order valence-electron chi connectivity index (χ2n) is 6.04. The van der Waals surface area contributed by atoms with Crippen molar-refractivity contribution in [3.8, 4) is 0 Å². The molecule has 2 aliphatic heterocycles. The summed E-state index contributed by atoms with van der Waals surface area (Å²) in [6, 6.07) is 7.47. The fraction of sp³-hybridized carbons (Fsp3) is 0.625. The number of piperidine rings is 2. The van der Waals surface area contributed by atoms with Gasteiger partial charge in [-0.05, 0) is 69.8 Å². The third-order valence-corrected chi connectivity index (χ3v) is 4.82. The van der Waals surface area contributed by atoms with Crippen LogP contribution in [0.1, 0.15) is 37.7 Å². The van der Waals surface area contributed by atoms with Crippen molar-refractivity contribution >= 4 is 5.69 Å². The summed E-state index contributed by atoms with van der Waals surface area (Å²) >= 11 is 0. The summed E-state index contributed by atoms with van der Waals surface area (Å²) in [7, 11) is 2.07. The summed E-state index contributed by atoms with van der Waals surface area (Å²) < 4.78 is 13.4. The normalized spacial score (nSPS) is 30.5. The molecule has 2 atom stereocenters. The predicted octanol–water partition coefficient (Wildman–Crippen LogP) is 3.24. The number of hydrogen-bond acceptors (Lipinski definition) is 2. The summed E-state index contributed by atoms with van der Waals surface area (Å²) in [4.78, 5) is 2.56. The zero-order chi connectivity index (χ0) is 13.4. The van der Waals surface area contributed by atoms with E-state index in [4.69, 9.17) is 0 Å². The maximum atomic E-state index is 13.4. The molecule has 2 nitrogen and oxygen atoms in total. The van der Waals surface area contributed by atoms with Crippen LogP contribution in [-0.4, -0.2) is 25.2 Å². The van der Waals surface area contributed by atoms with Crippen LogP contribution in [0.4, 0.5) is 10.1 Å². The first-order valence-electron chi connectivity index (χ1n) is 7.41. The molecule has 0 spiro atoms. The van der Waals surface area contributed by atoms with Crippen LogP contribution in [-0.2, 0) is 0 Å². The van der Waals surface area contributed by atoms with Crippen LogP contribution in [0, 0.1) is 12.7 Å². The third kappa shape index (κ3) is 2.36. The highest BCUT2D eigenvalue weighted by molar-refractivity contribution is 5.52. The highest BCUT2D eigenvalue weighted by atomic mass is 19.1. The number of hydrogen-bond donors (Lipinski definition) is 1. The van der Waals surface area contributed by atoms with Crippen molar-refractivity contribution in [2.45, 2.75) is 57.2 Å². The number of benzene rings is 1. The van der Waals surface area contributed by atoms with E-state index in [0.29, 0.717) is 18.1 Å². The van der Waals surface area contributed by atoms with E-state index in [-0.39, 0.29) is 5.82 Å². The SMILES string of the molecule is CNC1CC2CCCC(C1)N2c1ccc(F)c(C)c1. The van der Waals surface area contributed by atoms with Gasteiger partial charge in [-0.1, -0.05) is 0 Å². The lowest BCUT2D eigenvalue weighted by Crippen LogP contribution is -2.56. The monoisotopic (exact) mass is 262 g/mol. The molecule has 3 heteroatoms. The predicted molar refractivity (Wildman–Crippen MR) is 77.1 cm³/mol. The minimum absolute atomic E-state index is 0.0981. The van der Waals surface area contributed by atoms with Crippen molar-refractivity contribution < 1.29 is 4.39 Å². The van der Waals surface area contributed by atoms with Crippen molar-refractivity contribution in [1.29, 1.82) is 0 Å². The van der Waals surface area contributed by atoms with Crippen LogP contribution in [0.3, 0.4) is 0 Å². The third-order valence-electron chi connectivity index (χ3n) is 4.82. The maximum Gasteiger partial charge on any atom is 0.126 e. The van der Waals surface area contributed by atoms with Crippen molar-refractivity contribution in [3.63, 3.8) is 0 Å². The second-order valence-corrected chi connectivity index (χ2v) is 6.04. The van der Waals surface area contributed by atoms with E-state index in [2.05, 4.69) is 17.3 Å². The zero-order valence-corrected chi connectivity index (χ0v) is 11.8. The number of halogens is 1. The van der Waals surface area contributed by atoms with Gasteiger partial charge in [-0.2, -0.15) is 0 Å². The number of fused-ring (bicyclic) bond motifs is 2. The molecule has 1 N–H and O–H groups in total. The molecule has 0 aliphatic carbocycles. The van der Waals surface area contributed by atoms with Crippen LogP contribution in [0.2, 0.25) is 0 Å². The number of aryl methyl sites for hydroxylation is 1. The second kappa shape index (κ2) is 5.12. The lowest BCUT2D eigenvalue weighted by Gasteiger charge is -2.50. The minimum atomic E-state index is -0.0981. The molecule has 104 valence electrons. The molecule has 2 heterocycles. The van der Waals surface area contributed by atoms with Crippen LogP contribution < -0.4 is 10.2 Å². The molecule has 2 saturated heterocycles. The Balaban J connectivity index is 1.89. The first kappa shape index (κ1) is 12.9. The molecule has 1 aromatic carbocycles. The summed E-state index contributed by atoms with van der Waals surface area (Å²) in [5.41, 5.74) is 1.97. The molecule has 1 aromatic rings. The molecule has 0 aromatic heterocycles. The Morgan fingerprint density at radius 3 is 2.47 bits per heavy atom. The Morgan fingerprint density at radius 1 is 1.21 bits per heavy atom. The summed E-state index contributed by atoms with van der Waals surface area (Å²) in [5, 5.41) is 3.44. The average molecular weight is 262 g/mol. The number of rotatable bonds is 2. The van der Waals surface area contributed by atoms with Gasteiger partial charge in [0.2, 0.25) is 0 Å². The highest BCUT2D eigenvalue weighted by Crippen LogP contribution is 2.38. The van der Waals surface area contributed by atoms with Gasteiger partial charge in [0, 0.05) is 23.8 Å². The van der Waals surface area contributed by atoms with Gasteiger partial charge in [0.25, 0.3) is 0 Å². The summed E-state index contributed by atoms with van der Waals surface area (Å²) in [5.74, 6) is -0.0981. The smallest absolute Gasteiger partial charge is 0.126 e. The van der Waals surface area contributed by atoms with Gasteiger partial charge in [0.1, 0.15) is 5.82 Å². The molecule has 2 fully saturated rings. The minimum Gasteiger partial charge on any atom is -0.365 e. The van der Waals surface area contributed by atoms with E-state index < -0.39 is 0 Å². The Bertz CT molecular complexity index is 446. The molecule has 2 unspecified atom stereocenters. The lowest BCUT2D eigenvalue weighted by atomic mass is 9.81. The zero-order valence-electron chi connectivity index (χ0n) is 11.8. The topological polar surface area (TPSA) is 15.3 Å². The summed E-state index contributed by atoms with van der Waals surface area (Å²) in [6.07, 6.45) is 6.30. The van der Waals surface area contributed by atoms with Gasteiger partial charge in [-0.15, -0.1) is 0 Å². The molecule has 19 heavy (non-hydrogen) atoms. The van der Waals surface area contributed by atoms with E-state index >= 15 is 0 Å². The highest BCUT2D eigenvalue weighted by Gasteiger charge is 2.37. The Kier molecular flexibility index (Phi) is 3.48. The fourth-order valence-electron chi connectivity index (χ4n) is 3.83. The van der Waals surface area contributed by atoms with Gasteiger partial charge in [0.05, 0.1) is 0 Å². The van der Waals surface area contributed by atoms with Crippen LogP contribution in [0.5, 0.6) is 0 Å².